The highest BCUT2D eigenvalue weighted by Gasteiger charge is 2.30. The first-order valence-corrected chi connectivity index (χ1v) is 7.04. The van der Waals surface area contributed by atoms with Gasteiger partial charge in [0.2, 0.25) is 6.29 Å². The van der Waals surface area contributed by atoms with Gasteiger partial charge in [-0.1, -0.05) is 11.8 Å². The number of thioether (sulfide) groups is 1. The fourth-order valence-electron chi connectivity index (χ4n) is 1.62. The zero-order valence-corrected chi connectivity index (χ0v) is 13.2. The number of esters is 1. The number of hydrogen-bond donors (Lipinski definition) is 0. The van der Waals surface area contributed by atoms with Gasteiger partial charge in [-0.3, -0.25) is 0 Å². The predicted molar refractivity (Wildman–Crippen MR) is 73.8 cm³/mol. The van der Waals surface area contributed by atoms with Gasteiger partial charge in [-0.15, -0.1) is 0 Å². The molecule has 1 heterocycles. The van der Waals surface area contributed by atoms with E-state index in [0.717, 1.165) is 13.2 Å². The highest BCUT2D eigenvalue weighted by molar-refractivity contribution is 7.99. The van der Waals surface area contributed by atoms with Crippen molar-refractivity contribution in [3.8, 4) is 6.07 Å². The van der Waals surface area contributed by atoms with E-state index in [4.69, 9.17) is 14.7 Å². The maximum absolute atomic E-state index is 12.4. The minimum atomic E-state index is -4.43. The summed E-state index contributed by atoms with van der Waals surface area (Å²) in [6.45, 7) is 0. The van der Waals surface area contributed by atoms with Crippen LogP contribution in [-0.2, 0) is 14.2 Å². The Balaban J connectivity index is 3.39. The van der Waals surface area contributed by atoms with Gasteiger partial charge in [0, 0.05) is 14.2 Å². The monoisotopic (exact) mass is 350 g/mol. The zero-order chi connectivity index (χ0) is 17.6. The maximum Gasteiger partial charge on any atom is 0.398 e. The van der Waals surface area contributed by atoms with Gasteiger partial charge in [0.25, 0.3) is 0 Å². The van der Waals surface area contributed by atoms with Crippen LogP contribution in [-0.4, -0.2) is 44.2 Å². The molecule has 1 rings (SSSR count). The van der Waals surface area contributed by atoms with Crippen LogP contribution in [0.5, 0.6) is 0 Å². The second-order valence-electron chi connectivity index (χ2n) is 4.08. The number of rotatable bonds is 6. The van der Waals surface area contributed by atoms with Crippen LogP contribution >= 0.6 is 11.8 Å². The SMILES string of the molecule is COC(=O)c1cc(C#N)c(SCC(F)(F)F)nc1C(OC)OC. The summed E-state index contributed by atoms with van der Waals surface area (Å²) >= 11 is 0.337. The fourth-order valence-corrected chi connectivity index (χ4v) is 2.35. The molecule has 1 aromatic rings. The number of alkyl halides is 3. The largest absolute Gasteiger partial charge is 0.465 e. The van der Waals surface area contributed by atoms with Crippen molar-refractivity contribution in [3.63, 3.8) is 0 Å². The molecule has 0 atom stereocenters. The molecule has 0 fully saturated rings. The van der Waals surface area contributed by atoms with Gasteiger partial charge in [0.05, 0.1) is 24.0 Å². The Morgan fingerprint density at radius 1 is 1.39 bits per heavy atom. The molecule has 23 heavy (non-hydrogen) atoms. The van der Waals surface area contributed by atoms with E-state index in [9.17, 15) is 18.0 Å². The van der Waals surface area contributed by atoms with E-state index in [1.54, 1.807) is 6.07 Å². The Hall–Kier alpha value is -1.83. The number of halogens is 3. The smallest absolute Gasteiger partial charge is 0.398 e. The average Bonchev–Trinajstić information content (AvgIpc) is 2.52. The molecule has 0 bridgehead atoms. The van der Waals surface area contributed by atoms with E-state index < -0.39 is 24.2 Å². The Bertz CT molecular complexity index is 612. The Morgan fingerprint density at radius 3 is 2.43 bits per heavy atom. The lowest BCUT2D eigenvalue weighted by Gasteiger charge is -2.17. The molecule has 0 amide bonds. The van der Waals surface area contributed by atoms with Crippen LogP contribution in [0.25, 0.3) is 0 Å². The van der Waals surface area contributed by atoms with Crippen LogP contribution in [0.2, 0.25) is 0 Å². The van der Waals surface area contributed by atoms with E-state index in [-0.39, 0.29) is 21.8 Å². The molecule has 0 N–H and O–H groups in total. The molecular formula is C13H13F3N2O4S. The van der Waals surface area contributed by atoms with Gasteiger partial charge < -0.3 is 14.2 Å². The first-order chi connectivity index (χ1) is 10.8. The van der Waals surface area contributed by atoms with Crippen LogP contribution < -0.4 is 0 Å². The molecule has 0 saturated carbocycles. The number of ether oxygens (including phenoxy) is 3. The minimum absolute atomic E-state index is 0.0643. The Morgan fingerprint density at radius 2 is 2.00 bits per heavy atom. The van der Waals surface area contributed by atoms with Crippen molar-refractivity contribution in [2.75, 3.05) is 27.1 Å². The standard InChI is InChI=1S/C13H13F3N2O4S/c1-20-11(19)8-4-7(5-17)10(23-6-13(14,15)16)18-9(8)12(21-2)22-3/h4,12H,6H2,1-3H3. The van der Waals surface area contributed by atoms with Crippen LogP contribution in [0.1, 0.15) is 27.9 Å². The zero-order valence-electron chi connectivity index (χ0n) is 12.4. The third-order valence-electron chi connectivity index (χ3n) is 2.57. The average molecular weight is 350 g/mol. The van der Waals surface area contributed by atoms with Crippen molar-refractivity contribution >= 4 is 17.7 Å². The normalized spacial score (nSPS) is 11.4. The Kier molecular flexibility index (Phi) is 6.80. The topological polar surface area (TPSA) is 81.4 Å². The molecule has 0 unspecified atom stereocenters. The first-order valence-electron chi connectivity index (χ1n) is 6.05. The highest BCUT2D eigenvalue weighted by Crippen LogP contribution is 2.31. The van der Waals surface area contributed by atoms with Crippen molar-refractivity contribution in [1.82, 2.24) is 4.98 Å². The lowest BCUT2D eigenvalue weighted by Crippen LogP contribution is -2.16. The number of hydrogen-bond acceptors (Lipinski definition) is 7. The molecule has 126 valence electrons. The first kappa shape index (κ1) is 19.2. The van der Waals surface area contributed by atoms with Crippen molar-refractivity contribution in [2.24, 2.45) is 0 Å². The van der Waals surface area contributed by atoms with Crippen LogP contribution in [0.3, 0.4) is 0 Å². The van der Waals surface area contributed by atoms with E-state index >= 15 is 0 Å². The van der Waals surface area contributed by atoms with Gasteiger partial charge in [0.1, 0.15) is 16.8 Å². The van der Waals surface area contributed by atoms with Crippen LogP contribution in [0.15, 0.2) is 11.1 Å². The van der Waals surface area contributed by atoms with Crippen LogP contribution in [0, 0.1) is 11.3 Å². The van der Waals surface area contributed by atoms with Crippen molar-refractivity contribution in [1.29, 1.82) is 5.26 Å². The number of aromatic nitrogens is 1. The summed E-state index contributed by atoms with van der Waals surface area (Å²) in [6, 6.07) is 2.82. The fraction of sp³-hybridized carbons (Fsp3) is 0.462. The quantitative estimate of drug-likeness (QED) is 0.443. The highest BCUT2D eigenvalue weighted by atomic mass is 32.2. The van der Waals surface area contributed by atoms with Gasteiger partial charge in [0.15, 0.2) is 0 Å². The molecule has 10 heteroatoms. The lowest BCUT2D eigenvalue weighted by atomic mass is 10.1. The molecule has 0 spiro atoms. The van der Waals surface area contributed by atoms with E-state index in [1.165, 1.54) is 14.2 Å². The van der Waals surface area contributed by atoms with E-state index in [1.807, 2.05) is 0 Å². The molecule has 0 aliphatic carbocycles. The number of pyridine rings is 1. The van der Waals surface area contributed by atoms with E-state index in [2.05, 4.69) is 9.72 Å². The summed E-state index contributed by atoms with van der Waals surface area (Å²) in [6.07, 6.45) is -5.52. The number of methoxy groups -OCH3 is 3. The van der Waals surface area contributed by atoms with Crippen molar-refractivity contribution in [2.45, 2.75) is 17.5 Å². The summed E-state index contributed by atoms with van der Waals surface area (Å²) in [4.78, 5) is 15.7. The lowest BCUT2D eigenvalue weighted by molar-refractivity contribution is -0.109. The summed E-state index contributed by atoms with van der Waals surface area (Å²) in [7, 11) is 3.67. The summed E-state index contributed by atoms with van der Waals surface area (Å²) < 4.78 is 51.7. The van der Waals surface area contributed by atoms with Gasteiger partial charge in [-0.25, -0.2) is 9.78 Å². The molecule has 1 aromatic heterocycles. The van der Waals surface area contributed by atoms with Crippen molar-refractivity contribution in [3.05, 3.63) is 22.9 Å². The molecule has 0 saturated heterocycles. The second kappa shape index (κ2) is 8.14. The summed E-state index contributed by atoms with van der Waals surface area (Å²) in [5.41, 5.74) is -0.353. The number of carbonyl (C=O) groups is 1. The summed E-state index contributed by atoms with van der Waals surface area (Å²) in [5, 5.41) is 8.90. The molecule has 0 radical (unpaired) electrons. The van der Waals surface area contributed by atoms with E-state index in [0.29, 0.717) is 11.8 Å². The molecule has 0 aliphatic heterocycles. The molecule has 6 nitrogen and oxygen atoms in total. The predicted octanol–water partition coefficient (Wildman–Crippen LogP) is 2.69. The summed E-state index contributed by atoms with van der Waals surface area (Å²) in [5.74, 6) is -2.04. The Labute approximate surface area is 134 Å². The van der Waals surface area contributed by atoms with Gasteiger partial charge in [-0.2, -0.15) is 18.4 Å². The van der Waals surface area contributed by atoms with Crippen molar-refractivity contribution < 1.29 is 32.2 Å². The third-order valence-corrected chi connectivity index (χ3v) is 3.62. The third kappa shape index (κ3) is 5.09. The number of carbonyl (C=O) groups excluding carboxylic acids is 1. The minimum Gasteiger partial charge on any atom is -0.465 e. The van der Waals surface area contributed by atoms with Gasteiger partial charge in [-0.05, 0) is 6.07 Å². The number of nitriles is 1. The number of nitrogens with zero attached hydrogens (tertiary/aromatic N) is 2. The molecule has 0 aliphatic rings. The molecule has 0 aromatic carbocycles. The van der Waals surface area contributed by atoms with Gasteiger partial charge >= 0.3 is 12.1 Å². The molecular weight excluding hydrogens is 337 g/mol. The maximum atomic E-state index is 12.4. The van der Waals surface area contributed by atoms with Crippen LogP contribution in [0.4, 0.5) is 13.2 Å². The second-order valence-corrected chi connectivity index (χ2v) is 5.05.